The van der Waals surface area contributed by atoms with Gasteiger partial charge in [-0.15, -0.1) is 0 Å². The van der Waals surface area contributed by atoms with E-state index in [9.17, 15) is 9.59 Å². The van der Waals surface area contributed by atoms with Crippen LogP contribution in [0.5, 0.6) is 0 Å². The topological polar surface area (TPSA) is 68.5 Å². The van der Waals surface area contributed by atoms with Crippen LogP contribution < -0.4 is 5.32 Å². The minimum Gasteiger partial charge on any atom is -0.457 e. The third-order valence-electron chi connectivity index (χ3n) is 4.28. The molecule has 3 rings (SSSR count). The molecule has 1 heterocycles. The summed E-state index contributed by atoms with van der Waals surface area (Å²) in [5.74, 6) is -0.192. The number of carbonyl (C=O) groups is 2. The number of furan rings is 1. The summed E-state index contributed by atoms with van der Waals surface area (Å²) in [6, 6.07) is 18.2. The second-order valence-electron chi connectivity index (χ2n) is 6.81. The molecule has 2 aromatic carbocycles. The van der Waals surface area contributed by atoms with Gasteiger partial charge < -0.3 is 14.5 Å². The first-order valence-corrected chi connectivity index (χ1v) is 9.00. The van der Waals surface area contributed by atoms with Gasteiger partial charge in [0.2, 0.25) is 5.91 Å². The van der Waals surface area contributed by atoms with Gasteiger partial charge >= 0.3 is 5.97 Å². The Hall–Kier alpha value is -3.08. The normalized spacial score (nSPS) is 12.1. The number of fused-ring (bicyclic) bond motifs is 1. The predicted molar refractivity (Wildman–Crippen MR) is 103 cm³/mol. The molecule has 27 heavy (non-hydrogen) atoms. The van der Waals surface area contributed by atoms with E-state index < -0.39 is 12.0 Å². The summed E-state index contributed by atoms with van der Waals surface area (Å²) >= 11 is 0. The number of esters is 1. The summed E-state index contributed by atoms with van der Waals surface area (Å²) in [5, 5.41) is 3.74. The van der Waals surface area contributed by atoms with Crippen molar-refractivity contribution in [3.63, 3.8) is 0 Å². The number of hydrogen-bond donors (Lipinski definition) is 1. The Balaban J connectivity index is 1.58. The number of carbonyl (C=O) groups excluding carboxylic acids is 2. The molecule has 0 aliphatic rings. The average Bonchev–Trinajstić information content (AvgIpc) is 3.08. The molecule has 0 radical (unpaired) electrons. The van der Waals surface area contributed by atoms with Crippen molar-refractivity contribution in [3.05, 3.63) is 72.0 Å². The number of amides is 1. The standard InChI is InChI=1S/C22H23NO4/c1-15(2)21(23-20(24)12-16-8-4-3-5-9-16)22(25)26-14-18-13-17-10-6-7-11-19(17)27-18/h3-11,13,15,21H,12,14H2,1-2H3,(H,23,24). The molecule has 1 N–H and O–H groups in total. The number of nitrogens with one attached hydrogen (secondary N) is 1. The van der Waals surface area contributed by atoms with Gasteiger partial charge in [-0.25, -0.2) is 4.79 Å². The third kappa shape index (κ3) is 4.97. The fourth-order valence-electron chi connectivity index (χ4n) is 2.84. The highest BCUT2D eigenvalue weighted by atomic mass is 16.5. The van der Waals surface area contributed by atoms with E-state index in [1.165, 1.54) is 0 Å². The van der Waals surface area contributed by atoms with E-state index in [1.54, 1.807) is 0 Å². The summed E-state index contributed by atoms with van der Waals surface area (Å²) in [4.78, 5) is 24.8. The number of rotatable bonds is 7. The van der Waals surface area contributed by atoms with Crippen LogP contribution in [0.4, 0.5) is 0 Å². The molecule has 1 aromatic heterocycles. The Kier molecular flexibility index (Phi) is 5.91. The summed E-state index contributed by atoms with van der Waals surface area (Å²) < 4.78 is 11.0. The van der Waals surface area contributed by atoms with Crippen molar-refractivity contribution in [2.24, 2.45) is 5.92 Å². The first-order chi connectivity index (χ1) is 13.0. The molecule has 1 unspecified atom stereocenters. The number of benzene rings is 2. The van der Waals surface area contributed by atoms with Gasteiger partial charge in [-0.05, 0) is 23.6 Å². The van der Waals surface area contributed by atoms with Crippen molar-refractivity contribution in [3.8, 4) is 0 Å². The second-order valence-corrected chi connectivity index (χ2v) is 6.81. The molecule has 0 saturated carbocycles. The fraction of sp³-hybridized carbons (Fsp3) is 0.273. The molecule has 1 amide bonds. The van der Waals surface area contributed by atoms with Gasteiger partial charge in [0.25, 0.3) is 0 Å². The van der Waals surface area contributed by atoms with E-state index >= 15 is 0 Å². The van der Waals surface area contributed by atoms with Crippen molar-refractivity contribution in [2.75, 3.05) is 0 Å². The van der Waals surface area contributed by atoms with Crippen molar-refractivity contribution >= 4 is 22.8 Å². The van der Waals surface area contributed by atoms with Crippen molar-refractivity contribution in [1.82, 2.24) is 5.32 Å². The average molecular weight is 365 g/mol. The highest BCUT2D eigenvalue weighted by Gasteiger charge is 2.26. The number of ether oxygens (including phenoxy) is 1. The molecule has 0 aliphatic carbocycles. The molecule has 5 heteroatoms. The molecule has 140 valence electrons. The highest BCUT2D eigenvalue weighted by Crippen LogP contribution is 2.19. The van der Waals surface area contributed by atoms with Crippen molar-refractivity contribution < 1.29 is 18.7 Å². The Morgan fingerprint density at radius 1 is 1.04 bits per heavy atom. The molecule has 3 aromatic rings. The van der Waals surface area contributed by atoms with Crippen LogP contribution >= 0.6 is 0 Å². The van der Waals surface area contributed by atoms with Gasteiger partial charge in [0.1, 0.15) is 24.0 Å². The molecule has 0 saturated heterocycles. The molecule has 0 bridgehead atoms. The van der Waals surface area contributed by atoms with E-state index in [0.29, 0.717) is 5.76 Å². The van der Waals surface area contributed by atoms with E-state index in [2.05, 4.69) is 5.32 Å². The summed E-state index contributed by atoms with van der Waals surface area (Å²) in [5.41, 5.74) is 1.65. The summed E-state index contributed by atoms with van der Waals surface area (Å²) in [6.45, 7) is 3.77. The molecule has 0 fully saturated rings. The number of para-hydroxylation sites is 1. The minimum atomic E-state index is -0.703. The quantitative estimate of drug-likeness (QED) is 0.646. The third-order valence-corrected chi connectivity index (χ3v) is 4.28. The summed E-state index contributed by atoms with van der Waals surface area (Å²) in [7, 11) is 0. The molecule has 0 spiro atoms. The zero-order valence-corrected chi connectivity index (χ0v) is 15.5. The lowest BCUT2D eigenvalue weighted by Crippen LogP contribution is -2.45. The second kappa shape index (κ2) is 8.54. The van der Waals surface area contributed by atoms with Crippen molar-refractivity contribution in [2.45, 2.75) is 32.9 Å². The van der Waals surface area contributed by atoms with Gasteiger partial charge in [0.15, 0.2) is 0 Å². The molecular formula is C22H23NO4. The smallest absolute Gasteiger partial charge is 0.329 e. The first kappa shape index (κ1) is 18.7. The van der Waals surface area contributed by atoms with E-state index in [0.717, 1.165) is 16.5 Å². The zero-order valence-electron chi connectivity index (χ0n) is 15.5. The molecule has 1 atom stereocenters. The summed E-state index contributed by atoms with van der Waals surface area (Å²) in [6.07, 6.45) is 0.223. The monoisotopic (exact) mass is 365 g/mol. The largest absolute Gasteiger partial charge is 0.457 e. The van der Waals surface area contributed by atoms with Crippen LogP contribution in [0, 0.1) is 5.92 Å². The maximum Gasteiger partial charge on any atom is 0.329 e. The zero-order chi connectivity index (χ0) is 19.2. The van der Waals surface area contributed by atoms with Crippen LogP contribution in [-0.2, 0) is 27.4 Å². The Labute approximate surface area is 158 Å². The highest BCUT2D eigenvalue weighted by molar-refractivity contribution is 5.86. The van der Waals surface area contributed by atoms with Crippen LogP contribution in [0.15, 0.2) is 65.1 Å². The van der Waals surface area contributed by atoms with Crippen LogP contribution in [0.2, 0.25) is 0 Å². The van der Waals surface area contributed by atoms with E-state index in [4.69, 9.17) is 9.15 Å². The lowest BCUT2D eigenvalue weighted by Gasteiger charge is -2.20. The predicted octanol–water partition coefficient (Wildman–Crippen LogP) is 3.86. The number of hydrogen-bond acceptors (Lipinski definition) is 4. The Bertz CT molecular complexity index is 881. The lowest BCUT2D eigenvalue weighted by atomic mass is 10.0. The van der Waals surface area contributed by atoms with Gasteiger partial charge in [-0.1, -0.05) is 62.4 Å². The maximum atomic E-state index is 12.5. The van der Waals surface area contributed by atoms with E-state index in [1.807, 2.05) is 74.5 Å². The van der Waals surface area contributed by atoms with Crippen LogP contribution in [0.1, 0.15) is 25.2 Å². The fourth-order valence-corrected chi connectivity index (χ4v) is 2.84. The minimum absolute atomic E-state index is 0.0330. The van der Waals surface area contributed by atoms with Crippen LogP contribution in [-0.4, -0.2) is 17.9 Å². The van der Waals surface area contributed by atoms with Crippen LogP contribution in [0.25, 0.3) is 11.0 Å². The molecular weight excluding hydrogens is 342 g/mol. The molecule has 5 nitrogen and oxygen atoms in total. The van der Waals surface area contributed by atoms with Crippen LogP contribution in [0.3, 0.4) is 0 Å². The SMILES string of the molecule is CC(C)C(NC(=O)Cc1ccccc1)C(=O)OCc1cc2ccccc2o1. The van der Waals surface area contributed by atoms with E-state index in [-0.39, 0.29) is 24.9 Å². The maximum absolute atomic E-state index is 12.5. The van der Waals surface area contributed by atoms with Gasteiger partial charge in [-0.3, -0.25) is 4.79 Å². The Morgan fingerprint density at radius 3 is 2.44 bits per heavy atom. The molecule has 0 aliphatic heterocycles. The van der Waals surface area contributed by atoms with Crippen molar-refractivity contribution in [1.29, 1.82) is 0 Å². The van der Waals surface area contributed by atoms with Gasteiger partial charge in [0, 0.05) is 5.39 Å². The lowest BCUT2D eigenvalue weighted by molar-refractivity contribution is -0.150. The Morgan fingerprint density at radius 2 is 1.74 bits per heavy atom. The first-order valence-electron chi connectivity index (χ1n) is 9.00. The van der Waals surface area contributed by atoms with Gasteiger partial charge in [-0.2, -0.15) is 0 Å². The van der Waals surface area contributed by atoms with Gasteiger partial charge in [0.05, 0.1) is 6.42 Å².